The summed E-state index contributed by atoms with van der Waals surface area (Å²) in [6.07, 6.45) is 2.40. The third kappa shape index (κ3) is 3.83. The number of aromatic nitrogens is 2. The van der Waals surface area contributed by atoms with Gasteiger partial charge in [0.15, 0.2) is 11.6 Å². The van der Waals surface area contributed by atoms with Crippen molar-refractivity contribution in [3.05, 3.63) is 47.8 Å². The van der Waals surface area contributed by atoms with E-state index >= 15 is 0 Å². The van der Waals surface area contributed by atoms with Gasteiger partial charge in [-0.15, -0.1) is 10.2 Å². The summed E-state index contributed by atoms with van der Waals surface area (Å²) in [7, 11) is 0. The van der Waals surface area contributed by atoms with Gasteiger partial charge in [-0.25, -0.2) is 4.39 Å². The van der Waals surface area contributed by atoms with E-state index in [9.17, 15) is 9.18 Å². The maximum absolute atomic E-state index is 13.1. The lowest BCUT2D eigenvalue weighted by Gasteiger charge is -2.31. The van der Waals surface area contributed by atoms with Gasteiger partial charge < -0.3 is 10.2 Å². The van der Waals surface area contributed by atoms with E-state index in [4.69, 9.17) is 0 Å². The van der Waals surface area contributed by atoms with Gasteiger partial charge in [-0.05, 0) is 49.1 Å². The second kappa shape index (κ2) is 6.73. The molecule has 0 bridgehead atoms. The van der Waals surface area contributed by atoms with E-state index in [0.29, 0.717) is 11.7 Å². The summed E-state index contributed by atoms with van der Waals surface area (Å²) in [4.78, 5) is 14.2. The molecule has 1 N–H and O–H groups in total. The number of rotatable bonds is 3. The molecule has 1 unspecified atom stereocenters. The molecule has 2 heterocycles. The molecular weight excluding hydrogens is 295 g/mol. The van der Waals surface area contributed by atoms with Crippen LogP contribution in [0.25, 0.3) is 0 Å². The first-order chi connectivity index (χ1) is 11.1. The van der Waals surface area contributed by atoms with Gasteiger partial charge in [0, 0.05) is 18.7 Å². The molecule has 1 amide bonds. The van der Waals surface area contributed by atoms with E-state index in [1.165, 1.54) is 24.6 Å². The van der Waals surface area contributed by atoms with Crippen molar-refractivity contribution in [1.82, 2.24) is 10.2 Å². The maximum atomic E-state index is 13.1. The van der Waals surface area contributed by atoms with Crippen molar-refractivity contribution in [3.8, 4) is 0 Å². The van der Waals surface area contributed by atoms with Crippen LogP contribution in [0.5, 0.6) is 0 Å². The Morgan fingerprint density at radius 1 is 1.30 bits per heavy atom. The molecule has 6 heteroatoms. The number of amides is 1. The molecule has 0 spiro atoms. The number of piperidine rings is 1. The van der Waals surface area contributed by atoms with Crippen LogP contribution in [0.3, 0.4) is 0 Å². The van der Waals surface area contributed by atoms with Crippen LogP contribution in [0, 0.1) is 11.7 Å². The van der Waals surface area contributed by atoms with Gasteiger partial charge in [-0.3, -0.25) is 4.79 Å². The van der Waals surface area contributed by atoms with Gasteiger partial charge in [0.1, 0.15) is 5.82 Å². The minimum Gasteiger partial charge on any atom is -0.355 e. The summed E-state index contributed by atoms with van der Waals surface area (Å²) in [6, 6.07) is 9.11. The van der Waals surface area contributed by atoms with Crippen LogP contribution in [0.2, 0.25) is 0 Å². The van der Waals surface area contributed by atoms with E-state index in [1.54, 1.807) is 12.1 Å². The summed E-state index contributed by atoms with van der Waals surface area (Å²) in [6.45, 7) is 4.19. The highest BCUT2D eigenvalue weighted by Crippen LogP contribution is 2.21. The highest BCUT2D eigenvalue weighted by Gasteiger charge is 2.18. The molecule has 1 fully saturated rings. The Morgan fingerprint density at radius 2 is 2.17 bits per heavy atom. The Bertz CT molecular complexity index is 689. The van der Waals surface area contributed by atoms with Crippen molar-refractivity contribution >= 4 is 17.5 Å². The Morgan fingerprint density at radius 3 is 2.87 bits per heavy atom. The molecule has 1 saturated heterocycles. The Balaban J connectivity index is 1.66. The van der Waals surface area contributed by atoms with E-state index in [0.717, 1.165) is 25.3 Å². The normalized spacial score (nSPS) is 17.8. The highest BCUT2D eigenvalue weighted by molar-refractivity contribution is 6.03. The van der Waals surface area contributed by atoms with Crippen molar-refractivity contribution in [2.24, 2.45) is 5.92 Å². The molecule has 1 atom stereocenters. The predicted molar refractivity (Wildman–Crippen MR) is 87.0 cm³/mol. The zero-order valence-corrected chi connectivity index (χ0v) is 13.0. The molecule has 1 aromatic carbocycles. The lowest BCUT2D eigenvalue weighted by Crippen LogP contribution is -2.34. The topological polar surface area (TPSA) is 58.1 Å². The molecule has 1 aromatic heterocycles. The molecule has 2 aromatic rings. The largest absolute Gasteiger partial charge is 0.355 e. The fourth-order valence-electron chi connectivity index (χ4n) is 2.78. The molecule has 120 valence electrons. The molecule has 1 aliphatic rings. The standard InChI is InChI=1S/C17H19FN4O/c1-12-4-3-9-22(11-12)16-8-7-15(20-21-16)19-17(23)13-5-2-6-14(18)10-13/h2,5-8,10,12H,3-4,9,11H2,1H3,(H,19,20,23). The van der Waals surface area contributed by atoms with E-state index in [-0.39, 0.29) is 5.56 Å². The van der Waals surface area contributed by atoms with Crippen molar-refractivity contribution in [2.75, 3.05) is 23.3 Å². The first-order valence-electron chi connectivity index (χ1n) is 7.77. The third-order valence-electron chi connectivity index (χ3n) is 3.96. The highest BCUT2D eigenvalue weighted by atomic mass is 19.1. The fraction of sp³-hybridized carbons (Fsp3) is 0.353. The maximum Gasteiger partial charge on any atom is 0.256 e. The summed E-state index contributed by atoms with van der Waals surface area (Å²) >= 11 is 0. The van der Waals surface area contributed by atoms with Gasteiger partial charge in [0.2, 0.25) is 0 Å². The van der Waals surface area contributed by atoms with Crippen LogP contribution < -0.4 is 10.2 Å². The molecule has 0 aliphatic carbocycles. The van der Waals surface area contributed by atoms with Crippen molar-refractivity contribution in [2.45, 2.75) is 19.8 Å². The first kappa shape index (κ1) is 15.4. The molecular formula is C17H19FN4O. The second-order valence-electron chi connectivity index (χ2n) is 5.93. The SMILES string of the molecule is CC1CCCN(c2ccc(NC(=O)c3cccc(F)c3)nn2)C1. The van der Waals surface area contributed by atoms with Crippen molar-refractivity contribution < 1.29 is 9.18 Å². The number of halogens is 1. The smallest absolute Gasteiger partial charge is 0.256 e. The Kier molecular flexibility index (Phi) is 4.50. The van der Waals surface area contributed by atoms with E-state index < -0.39 is 11.7 Å². The van der Waals surface area contributed by atoms with Crippen molar-refractivity contribution in [3.63, 3.8) is 0 Å². The van der Waals surface area contributed by atoms with Gasteiger partial charge in [0.25, 0.3) is 5.91 Å². The summed E-state index contributed by atoms with van der Waals surface area (Å²) in [5, 5.41) is 10.9. The molecule has 1 aliphatic heterocycles. The van der Waals surface area contributed by atoms with Gasteiger partial charge in [0.05, 0.1) is 0 Å². The van der Waals surface area contributed by atoms with Gasteiger partial charge in [-0.2, -0.15) is 0 Å². The molecule has 5 nitrogen and oxygen atoms in total. The Labute approximate surface area is 134 Å². The predicted octanol–water partition coefficient (Wildman–Crippen LogP) is 3.10. The van der Waals surface area contributed by atoms with Gasteiger partial charge >= 0.3 is 0 Å². The van der Waals surface area contributed by atoms with E-state index in [1.807, 2.05) is 6.07 Å². The number of benzene rings is 1. The molecule has 3 rings (SSSR count). The Hall–Kier alpha value is -2.50. The number of anilines is 2. The first-order valence-corrected chi connectivity index (χ1v) is 7.77. The zero-order valence-electron chi connectivity index (χ0n) is 13.0. The van der Waals surface area contributed by atoms with E-state index in [2.05, 4.69) is 27.3 Å². The fourth-order valence-corrected chi connectivity index (χ4v) is 2.78. The summed E-state index contributed by atoms with van der Waals surface area (Å²) < 4.78 is 13.1. The lowest BCUT2D eigenvalue weighted by molar-refractivity contribution is 0.102. The quantitative estimate of drug-likeness (QED) is 0.946. The monoisotopic (exact) mass is 314 g/mol. The van der Waals surface area contributed by atoms with Crippen LogP contribution in [-0.4, -0.2) is 29.2 Å². The number of nitrogens with one attached hydrogen (secondary N) is 1. The number of carbonyl (C=O) groups excluding carboxylic acids is 1. The van der Waals surface area contributed by atoms with Gasteiger partial charge in [-0.1, -0.05) is 13.0 Å². The number of nitrogens with zero attached hydrogens (tertiary/aromatic N) is 3. The van der Waals surface area contributed by atoms with Crippen LogP contribution in [-0.2, 0) is 0 Å². The van der Waals surface area contributed by atoms with Crippen LogP contribution >= 0.6 is 0 Å². The number of hydrogen-bond donors (Lipinski definition) is 1. The summed E-state index contributed by atoms with van der Waals surface area (Å²) in [5.74, 6) is 0.975. The lowest BCUT2D eigenvalue weighted by atomic mass is 10.0. The van der Waals surface area contributed by atoms with Crippen LogP contribution in [0.15, 0.2) is 36.4 Å². The average Bonchev–Trinajstić information content (AvgIpc) is 2.55. The minimum atomic E-state index is -0.446. The molecule has 0 radical (unpaired) electrons. The number of hydrogen-bond acceptors (Lipinski definition) is 4. The number of carbonyl (C=O) groups is 1. The minimum absolute atomic E-state index is 0.251. The average molecular weight is 314 g/mol. The third-order valence-corrected chi connectivity index (χ3v) is 3.96. The van der Waals surface area contributed by atoms with Crippen molar-refractivity contribution in [1.29, 1.82) is 0 Å². The van der Waals surface area contributed by atoms with Crippen LogP contribution in [0.1, 0.15) is 30.1 Å². The van der Waals surface area contributed by atoms with Crippen LogP contribution in [0.4, 0.5) is 16.0 Å². The molecule has 0 saturated carbocycles. The summed E-state index contributed by atoms with van der Waals surface area (Å²) in [5.41, 5.74) is 0.251. The molecule has 23 heavy (non-hydrogen) atoms. The zero-order chi connectivity index (χ0) is 16.2. The second-order valence-corrected chi connectivity index (χ2v) is 5.93.